The minimum Gasteiger partial charge on any atom is -0.481 e. The molecule has 1 heterocycles. The average molecular weight is 304 g/mol. The highest BCUT2D eigenvalue weighted by atomic mass is 35.5. The molecule has 1 atom stereocenters. The van der Waals surface area contributed by atoms with E-state index in [0.717, 1.165) is 18.4 Å². The molecule has 104 valence electrons. The first-order valence-corrected chi connectivity index (χ1v) is 6.62. The van der Waals surface area contributed by atoms with Gasteiger partial charge in [0.1, 0.15) is 6.10 Å². The van der Waals surface area contributed by atoms with E-state index in [4.69, 9.17) is 33.1 Å². The van der Waals surface area contributed by atoms with Crippen molar-refractivity contribution in [2.75, 3.05) is 0 Å². The molecule has 0 saturated carbocycles. The van der Waals surface area contributed by atoms with Crippen LogP contribution in [0.1, 0.15) is 25.3 Å². The van der Waals surface area contributed by atoms with Crippen LogP contribution in [0.25, 0.3) is 0 Å². The van der Waals surface area contributed by atoms with Gasteiger partial charge in [-0.3, -0.25) is 4.79 Å². The van der Waals surface area contributed by atoms with Gasteiger partial charge < -0.3 is 9.94 Å². The molecule has 0 fully saturated rings. The lowest BCUT2D eigenvalue weighted by atomic mass is 10.1. The van der Waals surface area contributed by atoms with Gasteiger partial charge in [-0.1, -0.05) is 41.3 Å². The summed E-state index contributed by atoms with van der Waals surface area (Å²) in [4.78, 5) is 14.5. The summed E-state index contributed by atoms with van der Waals surface area (Å²) in [6.45, 7) is 1.60. The number of aliphatic carboxylic acids is 1. The Morgan fingerprint density at radius 3 is 2.68 bits per heavy atom. The number of benzene rings is 1. The SMILES string of the molecule is CCC(=O)O.Clc1ccc(CC2CC=NO2)c(Cl)c1. The van der Waals surface area contributed by atoms with E-state index in [-0.39, 0.29) is 12.5 Å². The van der Waals surface area contributed by atoms with Crippen molar-refractivity contribution in [3.8, 4) is 0 Å². The Morgan fingerprint density at radius 1 is 1.53 bits per heavy atom. The minimum atomic E-state index is -0.745. The predicted molar refractivity (Wildman–Crippen MR) is 76.1 cm³/mol. The monoisotopic (exact) mass is 303 g/mol. The van der Waals surface area contributed by atoms with Crippen LogP contribution in [0.15, 0.2) is 23.4 Å². The smallest absolute Gasteiger partial charge is 0.303 e. The third-order valence-corrected chi connectivity index (χ3v) is 3.00. The van der Waals surface area contributed by atoms with Gasteiger partial charge in [-0.05, 0) is 17.7 Å². The van der Waals surface area contributed by atoms with Crippen molar-refractivity contribution < 1.29 is 14.7 Å². The largest absolute Gasteiger partial charge is 0.481 e. The molecule has 1 aliphatic heterocycles. The highest BCUT2D eigenvalue weighted by molar-refractivity contribution is 6.35. The van der Waals surface area contributed by atoms with Gasteiger partial charge in [-0.15, -0.1) is 0 Å². The van der Waals surface area contributed by atoms with Gasteiger partial charge >= 0.3 is 5.97 Å². The van der Waals surface area contributed by atoms with E-state index >= 15 is 0 Å². The standard InChI is InChI=1S/C10H9Cl2NO.C3H6O2/c11-8-2-1-7(10(12)6-8)5-9-3-4-13-14-9;1-2-3(4)5/h1-2,4,6,9H,3,5H2;2H2,1H3,(H,4,5). The fraction of sp³-hybridized carbons (Fsp3) is 0.385. The van der Waals surface area contributed by atoms with Gasteiger partial charge in [0.05, 0.1) is 0 Å². The molecule has 1 aromatic rings. The number of hydrogen-bond acceptors (Lipinski definition) is 3. The summed E-state index contributed by atoms with van der Waals surface area (Å²) in [6, 6.07) is 5.50. The van der Waals surface area contributed by atoms with Crippen molar-refractivity contribution >= 4 is 35.4 Å². The maximum atomic E-state index is 9.37. The molecule has 6 heteroatoms. The first-order valence-electron chi connectivity index (χ1n) is 5.86. The van der Waals surface area contributed by atoms with Crippen molar-refractivity contribution in [3.05, 3.63) is 33.8 Å². The summed E-state index contributed by atoms with van der Waals surface area (Å²) in [5.74, 6) is -0.745. The molecular weight excluding hydrogens is 289 g/mol. The third-order valence-electron chi connectivity index (χ3n) is 2.42. The van der Waals surface area contributed by atoms with Crippen LogP contribution in [-0.4, -0.2) is 23.4 Å². The molecule has 1 unspecified atom stereocenters. The van der Waals surface area contributed by atoms with Crippen LogP contribution in [0.5, 0.6) is 0 Å². The van der Waals surface area contributed by atoms with E-state index in [9.17, 15) is 4.79 Å². The normalized spacial score (nSPS) is 16.5. The lowest BCUT2D eigenvalue weighted by Gasteiger charge is -2.09. The Hall–Kier alpha value is -1.26. The summed E-state index contributed by atoms with van der Waals surface area (Å²) in [5.41, 5.74) is 1.05. The zero-order chi connectivity index (χ0) is 14.3. The van der Waals surface area contributed by atoms with Gasteiger partial charge in [0.15, 0.2) is 0 Å². The number of carboxylic acid groups (broad SMARTS) is 1. The maximum absolute atomic E-state index is 9.37. The van der Waals surface area contributed by atoms with E-state index in [1.54, 1.807) is 19.2 Å². The first kappa shape index (κ1) is 15.8. The summed E-state index contributed by atoms with van der Waals surface area (Å²) >= 11 is 11.8. The van der Waals surface area contributed by atoms with E-state index in [1.807, 2.05) is 12.1 Å². The van der Waals surface area contributed by atoms with Crippen LogP contribution in [0, 0.1) is 0 Å². The summed E-state index contributed by atoms with van der Waals surface area (Å²) < 4.78 is 0. The molecule has 0 radical (unpaired) electrons. The second kappa shape index (κ2) is 8.02. The van der Waals surface area contributed by atoms with Gasteiger partial charge in [0.25, 0.3) is 0 Å². The summed E-state index contributed by atoms with van der Waals surface area (Å²) in [5, 5.41) is 12.8. The van der Waals surface area contributed by atoms with E-state index < -0.39 is 5.97 Å². The molecule has 0 aliphatic carbocycles. The lowest BCUT2D eigenvalue weighted by molar-refractivity contribution is -0.136. The quantitative estimate of drug-likeness (QED) is 0.924. The number of carbonyl (C=O) groups is 1. The molecule has 19 heavy (non-hydrogen) atoms. The maximum Gasteiger partial charge on any atom is 0.303 e. The van der Waals surface area contributed by atoms with Gasteiger partial charge in [-0.2, -0.15) is 0 Å². The van der Waals surface area contributed by atoms with Crippen molar-refractivity contribution in [2.45, 2.75) is 32.3 Å². The van der Waals surface area contributed by atoms with E-state index in [0.29, 0.717) is 10.0 Å². The zero-order valence-corrected chi connectivity index (χ0v) is 12.0. The molecule has 1 aliphatic rings. The Labute approximate surface area is 122 Å². The van der Waals surface area contributed by atoms with E-state index in [2.05, 4.69) is 5.16 Å². The van der Waals surface area contributed by atoms with E-state index in [1.165, 1.54) is 0 Å². The molecule has 1 N–H and O–H groups in total. The fourth-order valence-electron chi connectivity index (χ4n) is 1.39. The average Bonchev–Trinajstić information content (AvgIpc) is 2.86. The number of halogens is 2. The lowest BCUT2D eigenvalue weighted by Crippen LogP contribution is -2.09. The Morgan fingerprint density at radius 2 is 2.21 bits per heavy atom. The second-order valence-electron chi connectivity index (χ2n) is 3.94. The van der Waals surface area contributed by atoms with Crippen LogP contribution in [0.4, 0.5) is 0 Å². The Bertz CT molecular complexity index is 455. The Balaban J connectivity index is 0.000000312. The number of rotatable bonds is 3. The van der Waals surface area contributed by atoms with Crippen molar-refractivity contribution in [3.63, 3.8) is 0 Å². The molecule has 0 aromatic heterocycles. The number of carboxylic acids is 1. The number of nitrogens with zero attached hydrogens (tertiary/aromatic N) is 1. The molecule has 0 amide bonds. The van der Waals surface area contributed by atoms with Crippen molar-refractivity contribution in [2.24, 2.45) is 5.16 Å². The topological polar surface area (TPSA) is 58.9 Å². The van der Waals surface area contributed by atoms with Crippen LogP contribution in [-0.2, 0) is 16.1 Å². The van der Waals surface area contributed by atoms with Crippen LogP contribution in [0.3, 0.4) is 0 Å². The van der Waals surface area contributed by atoms with Gasteiger partial charge in [0.2, 0.25) is 0 Å². The van der Waals surface area contributed by atoms with Crippen molar-refractivity contribution in [1.29, 1.82) is 0 Å². The zero-order valence-electron chi connectivity index (χ0n) is 10.5. The van der Waals surface area contributed by atoms with Crippen LogP contribution < -0.4 is 0 Å². The molecule has 4 nitrogen and oxygen atoms in total. The first-order chi connectivity index (χ1) is 9.02. The van der Waals surface area contributed by atoms with Gasteiger partial charge in [0, 0.05) is 35.5 Å². The molecular formula is C13H15Cl2NO3. The molecule has 0 saturated heterocycles. The Kier molecular flexibility index (Phi) is 6.67. The molecule has 0 bridgehead atoms. The molecule has 2 rings (SSSR count). The van der Waals surface area contributed by atoms with Crippen molar-refractivity contribution in [1.82, 2.24) is 0 Å². The second-order valence-corrected chi connectivity index (χ2v) is 4.78. The summed E-state index contributed by atoms with van der Waals surface area (Å²) in [7, 11) is 0. The third kappa shape index (κ3) is 5.94. The number of hydrogen-bond donors (Lipinski definition) is 1. The highest BCUT2D eigenvalue weighted by Gasteiger charge is 2.15. The highest BCUT2D eigenvalue weighted by Crippen LogP contribution is 2.23. The number of oxime groups is 1. The minimum absolute atomic E-state index is 0.119. The summed E-state index contributed by atoms with van der Waals surface area (Å²) in [6.07, 6.45) is 3.73. The van der Waals surface area contributed by atoms with Gasteiger partial charge in [-0.25, -0.2) is 0 Å². The van der Waals surface area contributed by atoms with Crippen LogP contribution >= 0.6 is 23.2 Å². The predicted octanol–water partition coefficient (Wildman–Crippen LogP) is 3.79. The molecule has 0 spiro atoms. The molecule has 1 aromatic carbocycles. The van der Waals surface area contributed by atoms with Crippen LogP contribution in [0.2, 0.25) is 10.0 Å². The fourth-order valence-corrected chi connectivity index (χ4v) is 1.87.